The normalized spacial score (nSPS) is 14.3. The average Bonchev–Trinajstić information content (AvgIpc) is 3.35. The summed E-state index contributed by atoms with van der Waals surface area (Å²) in [5.41, 5.74) is 0. The molecule has 0 saturated carbocycles. The van der Waals surface area contributed by atoms with E-state index in [1.165, 1.54) is 25.7 Å². The van der Waals surface area contributed by atoms with Crippen LogP contribution in [0.2, 0.25) is 0 Å². The van der Waals surface area contributed by atoms with Crippen molar-refractivity contribution in [3.63, 3.8) is 0 Å². The van der Waals surface area contributed by atoms with Crippen molar-refractivity contribution in [2.24, 2.45) is 0 Å². The molecule has 0 fully saturated rings. The molecular formula is C58H95O11P. The number of ether oxygens (including phenoxy) is 3. The van der Waals surface area contributed by atoms with Gasteiger partial charge in [-0.3, -0.25) is 23.4 Å². The van der Waals surface area contributed by atoms with Crippen LogP contribution in [-0.2, 0) is 42.2 Å². The van der Waals surface area contributed by atoms with E-state index in [0.717, 1.165) is 116 Å². The first-order valence-electron chi connectivity index (χ1n) is 26.8. The molecule has 0 bridgehead atoms. The number of phosphoric acid groups is 1. The van der Waals surface area contributed by atoms with Crippen LogP contribution < -0.4 is 0 Å². The third kappa shape index (κ3) is 49.1. The minimum absolute atomic E-state index is 0.0150. The topological polar surface area (TPSA) is 155 Å². The van der Waals surface area contributed by atoms with Gasteiger partial charge >= 0.3 is 25.7 Å². The van der Waals surface area contributed by atoms with Crippen LogP contribution >= 0.6 is 7.82 Å². The van der Waals surface area contributed by atoms with Gasteiger partial charge in [-0.1, -0.05) is 188 Å². The number of aliphatic hydroxyl groups is 1. The van der Waals surface area contributed by atoms with Crippen molar-refractivity contribution in [1.29, 1.82) is 0 Å². The van der Waals surface area contributed by atoms with Crippen LogP contribution in [0, 0.1) is 0 Å². The molecule has 2 N–H and O–H groups in total. The highest BCUT2D eigenvalue weighted by Gasteiger charge is 2.28. The van der Waals surface area contributed by atoms with E-state index in [1.54, 1.807) is 6.08 Å². The second-order valence-corrected chi connectivity index (χ2v) is 18.7. The summed E-state index contributed by atoms with van der Waals surface area (Å²) in [5, 5.41) is 9.78. The second kappa shape index (κ2) is 51.5. The maximum atomic E-state index is 12.9. The molecule has 0 heterocycles. The number of allylic oxidation sites excluding steroid dienone is 17. The summed E-state index contributed by atoms with van der Waals surface area (Å²) < 4.78 is 39.3. The maximum Gasteiger partial charge on any atom is 0.472 e. The van der Waals surface area contributed by atoms with Crippen LogP contribution in [0.4, 0.5) is 0 Å². The molecule has 0 aromatic carbocycles. The first-order valence-corrected chi connectivity index (χ1v) is 28.3. The largest absolute Gasteiger partial charge is 0.472 e. The van der Waals surface area contributed by atoms with Gasteiger partial charge in [-0.2, -0.15) is 0 Å². The zero-order valence-electron chi connectivity index (χ0n) is 43.7. The molecule has 0 saturated heterocycles. The minimum Gasteiger partial charge on any atom is -0.461 e. The Morgan fingerprint density at radius 1 is 0.429 bits per heavy atom. The Balaban J connectivity index is 4.89. The molecule has 3 unspecified atom stereocenters. The molecule has 11 nitrogen and oxygen atoms in total. The van der Waals surface area contributed by atoms with E-state index >= 15 is 0 Å². The van der Waals surface area contributed by atoms with Crippen LogP contribution in [0.3, 0.4) is 0 Å². The van der Waals surface area contributed by atoms with Gasteiger partial charge in [0.2, 0.25) is 0 Å². The molecule has 0 aromatic rings. The summed E-state index contributed by atoms with van der Waals surface area (Å²) in [4.78, 5) is 48.3. The molecule has 3 atom stereocenters. The van der Waals surface area contributed by atoms with Crippen molar-refractivity contribution >= 4 is 25.7 Å². The van der Waals surface area contributed by atoms with Gasteiger partial charge in [-0.15, -0.1) is 0 Å². The van der Waals surface area contributed by atoms with Crippen molar-refractivity contribution in [3.8, 4) is 0 Å². The lowest BCUT2D eigenvalue weighted by atomic mass is 10.1. The van der Waals surface area contributed by atoms with Gasteiger partial charge in [0.15, 0.2) is 6.10 Å². The van der Waals surface area contributed by atoms with Crippen molar-refractivity contribution in [2.45, 2.75) is 213 Å². The average molecular weight is 999 g/mol. The number of hydrogen-bond acceptors (Lipinski definition) is 10. The molecule has 0 radical (unpaired) electrons. The standard InChI is InChI=1S/C58H95O11P/c1-4-7-10-13-16-19-22-25-27-30-32-35-38-41-44-47-56(60)65-51-55(69-58(62)49-46-43-40-37-34-31-28-26-23-20-17-14-11-8-5-2)53-67-70(63,64)66-52-54(50-59)68-57(61)48-45-42-39-36-33-29-24-21-18-15-12-9-6-3/h7-8,10-11,16-17,19-21,24-28,32,35,41,44,54-55,59H,4-6,9,12-15,18,22-23,29-31,33-34,36-40,42-43,45-53H2,1-3H3,(H,63,64)/b10-7-,11-8-,19-16-,20-17-,24-21-,27-25-,28-26-,35-32-,44-41-. The number of phosphoric ester groups is 1. The summed E-state index contributed by atoms with van der Waals surface area (Å²) >= 11 is 0. The van der Waals surface area contributed by atoms with Crippen LogP contribution in [0.5, 0.6) is 0 Å². The summed E-state index contributed by atoms with van der Waals surface area (Å²) in [5.74, 6) is -1.66. The maximum absolute atomic E-state index is 12.9. The molecule has 0 aromatic heterocycles. The van der Waals surface area contributed by atoms with Gasteiger partial charge in [-0.25, -0.2) is 4.57 Å². The number of hydrogen-bond donors (Lipinski definition) is 2. The van der Waals surface area contributed by atoms with Crippen LogP contribution in [0.1, 0.15) is 201 Å². The molecule has 0 aliphatic rings. The van der Waals surface area contributed by atoms with E-state index in [-0.39, 0.29) is 19.3 Å². The number of unbranched alkanes of at least 4 members (excludes halogenated alkanes) is 14. The highest BCUT2D eigenvalue weighted by molar-refractivity contribution is 7.47. The van der Waals surface area contributed by atoms with Crippen molar-refractivity contribution < 1.29 is 52.2 Å². The number of carbonyl (C=O) groups excluding carboxylic acids is 3. The van der Waals surface area contributed by atoms with E-state index in [2.05, 4.69) is 112 Å². The Morgan fingerprint density at radius 2 is 0.786 bits per heavy atom. The zero-order chi connectivity index (χ0) is 51.3. The van der Waals surface area contributed by atoms with E-state index in [4.69, 9.17) is 23.3 Å². The van der Waals surface area contributed by atoms with Crippen LogP contribution in [0.15, 0.2) is 109 Å². The summed E-state index contributed by atoms with van der Waals surface area (Å²) in [7, 11) is -4.78. The fraction of sp³-hybridized carbons (Fsp3) is 0.638. The highest BCUT2D eigenvalue weighted by atomic mass is 31.2. The van der Waals surface area contributed by atoms with E-state index < -0.39 is 64.4 Å². The molecular weight excluding hydrogens is 904 g/mol. The highest BCUT2D eigenvalue weighted by Crippen LogP contribution is 2.43. The Hall–Kier alpha value is -3.86. The summed E-state index contributed by atoms with van der Waals surface area (Å²) in [6.07, 6.45) is 60.8. The molecule has 70 heavy (non-hydrogen) atoms. The second-order valence-electron chi connectivity index (χ2n) is 17.3. The smallest absolute Gasteiger partial charge is 0.461 e. The molecule has 0 aliphatic carbocycles. The summed E-state index contributed by atoms with van der Waals surface area (Å²) in [6.45, 7) is 4.23. The minimum atomic E-state index is -4.78. The Labute approximate surface area is 425 Å². The number of carbonyl (C=O) groups is 3. The molecule has 0 rings (SSSR count). The molecule has 12 heteroatoms. The molecule has 398 valence electrons. The number of aliphatic hydroxyl groups excluding tert-OH is 1. The first kappa shape index (κ1) is 66.1. The quantitative estimate of drug-likeness (QED) is 0.0197. The Morgan fingerprint density at radius 3 is 1.23 bits per heavy atom. The van der Waals surface area contributed by atoms with Crippen LogP contribution in [0.25, 0.3) is 0 Å². The Kier molecular flexibility index (Phi) is 48.7. The van der Waals surface area contributed by atoms with Crippen LogP contribution in [-0.4, -0.2) is 66.5 Å². The fourth-order valence-electron chi connectivity index (χ4n) is 6.67. The lowest BCUT2D eigenvalue weighted by molar-refractivity contribution is -0.161. The zero-order valence-corrected chi connectivity index (χ0v) is 44.6. The van der Waals surface area contributed by atoms with E-state index in [1.807, 2.05) is 12.2 Å². The lowest BCUT2D eigenvalue weighted by Crippen LogP contribution is -2.30. The SMILES string of the molecule is CC/C=C\C/C=C\C/C=C\C/C=C\C/C=C\CC(=O)OCC(COP(=O)(O)OCC(CO)OC(=O)CCCCCCC/C=C\CCCCCC)OC(=O)CCCCCCC/C=C\C/C=C\C/C=C\CC. The van der Waals surface area contributed by atoms with Gasteiger partial charge in [0.05, 0.1) is 26.2 Å². The molecule has 0 aliphatic heterocycles. The molecule has 0 spiro atoms. The van der Waals surface area contributed by atoms with Gasteiger partial charge in [0, 0.05) is 12.8 Å². The Bertz CT molecular complexity index is 1590. The van der Waals surface area contributed by atoms with Gasteiger partial charge < -0.3 is 24.2 Å². The molecule has 0 amide bonds. The van der Waals surface area contributed by atoms with E-state index in [9.17, 15) is 28.9 Å². The predicted octanol–water partition coefficient (Wildman–Crippen LogP) is 15.5. The van der Waals surface area contributed by atoms with Gasteiger partial charge in [0.1, 0.15) is 12.7 Å². The lowest BCUT2D eigenvalue weighted by Gasteiger charge is -2.21. The number of esters is 3. The fourth-order valence-corrected chi connectivity index (χ4v) is 7.46. The van der Waals surface area contributed by atoms with Crippen molar-refractivity contribution in [3.05, 3.63) is 109 Å². The summed E-state index contributed by atoms with van der Waals surface area (Å²) in [6, 6.07) is 0. The van der Waals surface area contributed by atoms with Gasteiger partial charge in [0.25, 0.3) is 0 Å². The third-order valence-electron chi connectivity index (χ3n) is 10.7. The van der Waals surface area contributed by atoms with Crippen molar-refractivity contribution in [1.82, 2.24) is 0 Å². The first-order chi connectivity index (χ1) is 34.2. The monoisotopic (exact) mass is 999 g/mol. The van der Waals surface area contributed by atoms with Crippen molar-refractivity contribution in [2.75, 3.05) is 26.4 Å². The van der Waals surface area contributed by atoms with Gasteiger partial charge in [-0.05, 0) is 103 Å². The predicted molar refractivity (Wildman–Crippen MR) is 288 cm³/mol. The number of rotatable bonds is 48. The third-order valence-corrected chi connectivity index (χ3v) is 11.6. The van der Waals surface area contributed by atoms with E-state index in [0.29, 0.717) is 19.3 Å².